The second-order valence-corrected chi connectivity index (χ2v) is 5.41. The number of hydrogen-bond donors (Lipinski definition) is 2. The number of nitrogens with zero attached hydrogens (tertiary/aromatic N) is 2. The van der Waals surface area contributed by atoms with Crippen molar-refractivity contribution in [2.75, 3.05) is 12.4 Å². The molecule has 1 amide bonds. The number of carbonyl (C=O) groups is 1. The van der Waals surface area contributed by atoms with Crippen LogP contribution in [0.25, 0.3) is 0 Å². The molecule has 1 aromatic carbocycles. The Kier molecular flexibility index (Phi) is 5.09. The molecule has 0 aliphatic heterocycles. The topological polar surface area (TPSA) is 66.9 Å². The van der Waals surface area contributed by atoms with Crippen molar-refractivity contribution in [3.63, 3.8) is 0 Å². The molecule has 1 heterocycles. The number of alkyl halides is 3. The maximum Gasteiger partial charge on any atom is 0.445 e. The zero-order valence-corrected chi connectivity index (χ0v) is 12.3. The van der Waals surface area contributed by atoms with E-state index in [0.717, 1.165) is 5.56 Å². The number of anilines is 1. The van der Waals surface area contributed by atoms with Crippen LogP contribution in [-0.2, 0) is 17.4 Å². The Balaban J connectivity index is 2.02. The third-order valence-corrected chi connectivity index (χ3v) is 3.73. The summed E-state index contributed by atoms with van der Waals surface area (Å²) in [5.41, 5.74) is 0.935. The van der Waals surface area contributed by atoms with Gasteiger partial charge in [0.2, 0.25) is 16.0 Å². The number of rotatable bonds is 5. The summed E-state index contributed by atoms with van der Waals surface area (Å²) in [4.78, 5) is 12.1. The van der Waals surface area contributed by atoms with Crippen molar-refractivity contribution < 1.29 is 18.0 Å². The van der Waals surface area contributed by atoms with Crippen LogP contribution < -0.4 is 10.6 Å². The van der Waals surface area contributed by atoms with Gasteiger partial charge in [-0.2, -0.15) is 13.2 Å². The van der Waals surface area contributed by atoms with Crippen LogP contribution in [0.5, 0.6) is 0 Å². The Morgan fingerprint density at radius 1 is 1.27 bits per heavy atom. The van der Waals surface area contributed by atoms with E-state index in [2.05, 4.69) is 20.8 Å². The van der Waals surface area contributed by atoms with E-state index in [-0.39, 0.29) is 5.13 Å². The number of benzene rings is 1. The molecule has 0 aliphatic rings. The predicted molar refractivity (Wildman–Crippen MR) is 76.5 cm³/mol. The van der Waals surface area contributed by atoms with Crippen LogP contribution in [0.1, 0.15) is 10.6 Å². The zero-order chi connectivity index (χ0) is 16.2. The Morgan fingerprint density at radius 2 is 1.95 bits per heavy atom. The molecule has 0 saturated carbocycles. The van der Waals surface area contributed by atoms with Crippen molar-refractivity contribution in [2.24, 2.45) is 0 Å². The second kappa shape index (κ2) is 6.84. The van der Waals surface area contributed by atoms with Crippen molar-refractivity contribution in [1.29, 1.82) is 0 Å². The first-order valence-corrected chi connectivity index (χ1v) is 7.14. The average Bonchev–Trinajstić information content (AvgIpc) is 2.94. The van der Waals surface area contributed by atoms with Crippen LogP contribution in [0.2, 0.25) is 0 Å². The van der Waals surface area contributed by atoms with Crippen LogP contribution >= 0.6 is 11.3 Å². The summed E-state index contributed by atoms with van der Waals surface area (Å²) in [5, 5.41) is 10.3. The van der Waals surface area contributed by atoms with E-state index < -0.39 is 23.1 Å². The van der Waals surface area contributed by atoms with Gasteiger partial charge in [-0.05, 0) is 19.0 Å². The summed E-state index contributed by atoms with van der Waals surface area (Å²) in [7, 11) is 1.61. The second-order valence-electron chi connectivity index (χ2n) is 4.43. The summed E-state index contributed by atoms with van der Waals surface area (Å²) in [5.74, 6) is -0.462. The van der Waals surface area contributed by atoms with E-state index in [1.807, 2.05) is 30.3 Å². The van der Waals surface area contributed by atoms with Crippen LogP contribution in [-0.4, -0.2) is 29.2 Å². The lowest BCUT2D eigenvalue weighted by Gasteiger charge is -2.14. The van der Waals surface area contributed by atoms with E-state index >= 15 is 0 Å². The summed E-state index contributed by atoms with van der Waals surface area (Å²) in [6, 6.07) is 8.70. The van der Waals surface area contributed by atoms with Gasteiger partial charge in [-0.3, -0.25) is 10.1 Å². The maximum absolute atomic E-state index is 12.4. The van der Waals surface area contributed by atoms with E-state index in [9.17, 15) is 18.0 Å². The number of nitrogens with one attached hydrogen (secondary N) is 2. The minimum Gasteiger partial charge on any atom is -0.309 e. The third-order valence-electron chi connectivity index (χ3n) is 2.85. The molecule has 0 aliphatic carbocycles. The summed E-state index contributed by atoms with van der Waals surface area (Å²) in [6.07, 6.45) is -4.15. The largest absolute Gasteiger partial charge is 0.445 e. The molecule has 0 spiro atoms. The van der Waals surface area contributed by atoms with Gasteiger partial charge in [0.05, 0.1) is 6.04 Å². The molecule has 9 heteroatoms. The van der Waals surface area contributed by atoms with Crippen molar-refractivity contribution in [3.8, 4) is 0 Å². The van der Waals surface area contributed by atoms with Crippen molar-refractivity contribution >= 4 is 22.4 Å². The fourth-order valence-corrected chi connectivity index (χ4v) is 2.37. The van der Waals surface area contributed by atoms with E-state index in [0.29, 0.717) is 17.8 Å². The maximum atomic E-state index is 12.4. The van der Waals surface area contributed by atoms with E-state index in [1.165, 1.54) is 0 Å². The SMILES string of the molecule is CNC(Cc1ccccc1)C(=O)Nc1nnc(C(F)(F)F)s1. The average molecular weight is 330 g/mol. The Morgan fingerprint density at radius 3 is 2.50 bits per heavy atom. The number of aromatic nitrogens is 2. The van der Waals surface area contributed by atoms with Gasteiger partial charge in [0.25, 0.3) is 0 Å². The van der Waals surface area contributed by atoms with Crippen LogP contribution in [0.15, 0.2) is 30.3 Å². The highest BCUT2D eigenvalue weighted by molar-refractivity contribution is 7.15. The molecule has 0 fully saturated rings. The molecule has 2 rings (SSSR count). The monoisotopic (exact) mass is 330 g/mol. The Labute approximate surface area is 128 Å². The lowest BCUT2D eigenvalue weighted by Crippen LogP contribution is -2.40. The molecule has 2 aromatic rings. The molecule has 1 unspecified atom stereocenters. The highest BCUT2D eigenvalue weighted by atomic mass is 32.1. The van der Waals surface area contributed by atoms with Crippen molar-refractivity contribution in [1.82, 2.24) is 15.5 Å². The highest BCUT2D eigenvalue weighted by Gasteiger charge is 2.36. The van der Waals surface area contributed by atoms with Gasteiger partial charge in [-0.25, -0.2) is 0 Å². The van der Waals surface area contributed by atoms with Gasteiger partial charge in [0.1, 0.15) is 0 Å². The van der Waals surface area contributed by atoms with Crippen LogP contribution in [0.3, 0.4) is 0 Å². The number of likely N-dealkylation sites (N-methyl/N-ethyl adjacent to an activating group) is 1. The quantitative estimate of drug-likeness (QED) is 0.883. The minimum absolute atomic E-state index is 0.175. The summed E-state index contributed by atoms with van der Waals surface area (Å²) in [6.45, 7) is 0. The number of amides is 1. The van der Waals surface area contributed by atoms with E-state index in [4.69, 9.17) is 0 Å². The molecular formula is C13H13F3N4OS. The van der Waals surface area contributed by atoms with Gasteiger partial charge in [0, 0.05) is 0 Å². The van der Waals surface area contributed by atoms with Gasteiger partial charge in [0.15, 0.2) is 0 Å². The lowest BCUT2D eigenvalue weighted by molar-refractivity contribution is -0.138. The molecule has 0 saturated heterocycles. The number of halogens is 3. The molecular weight excluding hydrogens is 317 g/mol. The smallest absolute Gasteiger partial charge is 0.309 e. The predicted octanol–water partition coefficient (Wildman–Crippen LogP) is 2.33. The number of carbonyl (C=O) groups excluding carboxylic acids is 1. The fourth-order valence-electron chi connectivity index (χ4n) is 1.76. The molecule has 118 valence electrons. The minimum atomic E-state index is -4.56. The summed E-state index contributed by atoms with van der Waals surface area (Å²) >= 11 is 0.295. The third kappa shape index (κ3) is 4.25. The van der Waals surface area contributed by atoms with Crippen LogP contribution in [0, 0.1) is 0 Å². The van der Waals surface area contributed by atoms with Gasteiger partial charge in [-0.1, -0.05) is 41.7 Å². The lowest BCUT2D eigenvalue weighted by atomic mass is 10.1. The van der Waals surface area contributed by atoms with Crippen LogP contribution in [0.4, 0.5) is 18.3 Å². The normalized spacial score (nSPS) is 12.9. The van der Waals surface area contributed by atoms with Gasteiger partial charge < -0.3 is 5.32 Å². The van der Waals surface area contributed by atoms with E-state index in [1.54, 1.807) is 7.05 Å². The van der Waals surface area contributed by atoms with Gasteiger partial charge >= 0.3 is 6.18 Å². The fraction of sp³-hybridized carbons (Fsp3) is 0.308. The zero-order valence-electron chi connectivity index (χ0n) is 11.5. The van der Waals surface area contributed by atoms with Crippen molar-refractivity contribution in [3.05, 3.63) is 40.9 Å². The van der Waals surface area contributed by atoms with Crippen molar-refractivity contribution in [2.45, 2.75) is 18.6 Å². The Bertz CT molecular complexity index is 630. The highest BCUT2D eigenvalue weighted by Crippen LogP contribution is 2.32. The number of hydrogen-bond acceptors (Lipinski definition) is 5. The first kappa shape index (κ1) is 16.4. The molecule has 2 N–H and O–H groups in total. The first-order valence-electron chi connectivity index (χ1n) is 6.33. The molecule has 1 atom stereocenters. The molecule has 0 radical (unpaired) electrons. The molecule has 22 heavy (non-hydrogen) atoms. The summed E-state index contributed by atoms with van der Waals surface area (Å²) < 4.78 is 37.3. The molecule has 1 aromatic heterocycles. The Hall–Kier alpha value is -2.00. The molecule has 5 nitrogen and oxygen atoms in total. The molecule has 0 bridgehead atoms. The van der Waals surface area contributed by atoms with Gasteiger partial charge in [-0.15, -0.1) is 10.2 Å². The standard InChI is InChI=1S/C13H13F3N4OS/c1-17-9(7-8-5-3-2-4-6-8)10(21)18-12-20-19-11(22-12)13(14,15)16/h2-6,9,17H,7H2,1H3,(H,18,20,21). The first-order chi connectivity index (χ1) is 10.4.